The smallest absolute Gasteiger partial charge is 0.280 e. The number of benzene rings is 4. The van der Waals surface area contributed by atoms with Gasteiger partial charge in [0.1, 0.15) is 0 Å². The number of hydrazone groups is 1. The maximum atomic E-state index is 13.9. The summed E-state index contributed by atoms with van der Waals surface area (Å²) in [4.78, 5) is 42.2. The average Bonchev–Trinajstić information content (AvgIpc) is 3.24. The summed E-state index contributed by atoms with van der Waals surface area (Å²) < 4.78 is 0. The summed E-state index contributed by atoms with van der Waals surface area (Å²) in [6, 6.07) is 32.9. The fourth-order valence-electron chi connectivity index (χ4n) is 4.57. The van der Waals surface area contributed by atoms with E-state index in [1.807, 2.05) is 91.0 Å². The van der Waals surface area contributed by atoms with E-state index < -0.39 is 17.9 Å². The molecule has 0 spiro atoms. The van der Waals surface area contributed by atoms with Crippen LogP contribution in [0.2, 0.25) is 0 Å². The topological polar surface area (TPSA) is 78.8 Å². The van der Waals surface area contributed by atoms with Crippen LogP contribution in [0.1, 0.15) is 50.4 Å². The number of fused-ring (bicyclic) bond motifs is 1. The van der Waals surface area contributed by atoms with Crippen molar-refractivity contribution in [2.45, 2.75) is 18.7 Å². The van der Waals surface area contributed by atoms with Gasteiger partial charge in [-0.3, -0.25) is 24.7 Å². The molecule has 0 saturated heterocycles. The molecule has 6 nitrogen and oxygen atoms in total. The molecule has 0 radical (unpaired) electrons. The van der Waals surface area contributed by atoms with Gasteiger partial charge in [0, 0.05) is 10.6 Å². The Hall–Kier alpha value is -3.91. The molecule has 206 valence electrons. The van der Waals surface area contributed by atoms with Crippen LogP contribution in [0.15, 0.2) is 114 Å². The molecule has 41 heavy (non-hydrogen) atoms. The van der Waals surface area contributed by atoms with Crippen molar-refractivity contribution < 1.29 is 30.9 Å². The predicted octanol–water partition coefficient (Wildman–Crippen LogP) is 6.69. The number of nitrogens with zero attached hydrogens (tertiary/aromatic N) is 2. The van der Waals surface area contributed by atoms with Gasteiger partial charge in [-0.2, -0.15) is 5.10 Å². The second-order valence-corrected chi connectivity index (χ2v) is 10.7. The first-order valence-corrected chi connectivity index (χ1v) is 14.0. The minimum absolute atomic E-state index is 0. The van der Waals surface area contributed by atoms with Crippen LogP contribution in [-0.4, -0.2) is 32.4 Å². The molecule has 0 aliphatic carbocycles. The number of carbonyl (C=O) groups is 3. The monoisotopic (exact) mass is 621 g/mol. The van der Waals surface area contributed by atoms with Gasteiger partial charge in [0.25, 0.3) is 11.8 Å². The SMILES string of the molecule is CC(=S)C(=NNc1cccc2c1C(=O)N(C(c1ccccc1)c1ccccc1)C2=O)C(=O)SCc1ccccc1.[Ni+2]. The van der Waals surface area contributed by atoms with Gasteiger partial charge in [0.15, 0.2) is 5.71 Å². The first-order chi connectivity index (χ1) is 19.5. The molecule has 0 atom stereocenters. The third-order valence-electron chi connectivity index (χ3n) is 6.46. The van der Waals surface area contributed by atoms with E-state index >= 15 is 0 Å². The van der Waals surface area contributed by atoms with Crippen LogP contribution in [0.5, 0.6) is 0 Å². The number of nitrogens with one attached hydrogen (secondary N) is 1. The molecule has 4 aromatic carbocycles. The van der Waals surface area contributed by atoms with Crippen molar-refractivity contribution in [3.63, 3.8) is 0 Å². The molecule has 5 rings (SSSR count). The zero-order chi connectivity index (χ0) is 28.1. The molecule has 0 unspecified atom stereocenters. The minimum atomic E-state index is -0.610. The zero-order valence-electron chi connectivity index (χ0n) is 21.9. The Morgan fingerprint density at radius 1 is 0.829 bits per heavy atom. The fraction of sp³-hybridized carbons (Fsp3) is 0.0938. The standard InChI is InChI=1S/C32H25N3O3S2.Ni/c1-21(39)28(32(38)40-20-22-12-5-2-6-13-22)34-33-26-19-11-18-25-27(26)31(37)35(30(25)36)29(23-14-7-3-8-15-23)24-16-9-4-10-17-24;/h2-19,29,33H,20H2,1H3;/q;+2. The molecule has 1 N–H and O–H groups in total. The summed E-state index contributed by atoms with van der Waals surface area (Å²) in [6.07, 6.45) is 0. The number of amides is 2. The van der Waals surface area contributed by atoms with E-state index in [4.69, 9.17) is 12.2 Å². The summed E-state index contributed by atoms with van der Waals surface area (Å²) in [7, 11) is 0. The van der Waals surface area contributed by atoms with E-state index in [2.05, 4.69) is 10.5 Å². The van der Waals surface area contributed by atoms with Crippen LogP contribution in [0.4, 0.5) is 5.69 Å². The van der Waals surface area contributed by atoms with Crippen molar-refractivity contribution in [2.24, 2.45) is 5.10 Å². The van der Waals surface area contributed by atoms with Gasteiger partial charge in [-0.15, -0.1) is 0 Å². The van der Waals surface area contributed by atoms with Gasteiger partial charge in [-0.05, 0) is 35.7 Å². The van der Waals surface area contributed by atoms with E-state index in [1.165, 1.54) is 4.90 Å². The van der Waals surface area contributed by atoms with Crippen LogP contribution in [0.25, 0.3) is 0 Å². The summed E-state index contributed by atoms with van der Waals surface area (Å²) >= 11 is 6.41. The van der Waals surface area contributed by atoms with Crippen molar-refractivity contribution in [3.05, 3.63) is 137 Å². The van der Waals surface area contributed by atoms with Crippen molar-refractivity contribution in [1.29, 1.82) is 0 Å². The summed E-state index contributed by atoms with van der Waals surface area (Å²) in [5, 5.41) is 4.02. The van der Waals surface area contributed by atoms with Crippen molar-refractivity contribution in [2.75, 3.05) is 5.43 Å². The molecule has 2 amide bonds. The average molecular weight is 622 g/mol. The number of imide groups is 1. The first-order valence-electron chi connectivity index (χ1n) is 12.6. The Bertz CT molecular complexity index is 1570. The number of hydrogen-bond donors (Lipinski definition) is 1. The Labute approximate surface area is 258 Å². The molecule has 1 aliphatic rings. The van der Waals surface area contributed by atoms with E-state index in [-0.39, 0.29) is 38.4 Å². The third kappa shape index (κ3) is 6.54. The second-order valence-electron chi connectivity index (χ2n) is 9.12. The molecule has 0 saturated carbocycles. The molecule has 0 fully saturated rings. The molecule has 9 heteroatoms. The Morgan fingerprint density at radius 2 is 1.39 bits per heavy atom. The molecule has 0 aromatic heterocycles. The van der Waals surface area contributed by atoms with Gasteiger partial charge >= 0.3 is 16.5 Å². The zero-order valence-corrected chi connectivity index (χ0v) is 24.5. The van der Waals surface area contributed by atoms with E-state index in [0.29, 0.717) is 16.3 Å². The maximum absolute atomic E-state index is 13.9. The summed E-state index contributed by atoms with van der Waals surface area (Å²) in [5.74, 6) is -0.364. The van der Waals surface area contributed by atoms with Gasteiger partial charge in [0.05, 0.1) is 22.9 Å². The van der Waals surface area contributed by atoms with Gasteiger partial charge < -0.3 is 0 Å². The van der Waals surface area contributed by atoms with E-state index in [1.54, 1.807) is 25.1 Å². The largest absolute Gasteiger partial charge is 2.00 e. The Balaban J connectivity index is 0.00000387. The van der Waals surface area contributed by atoms with Gasteiger partial charge in [-0.1, -0.05) is 121 Å². The van der Waals surface area contributed by atoms with Crippen LogP contribution >= 0.6 is 24.0 Å². The number of anilines is 1. The van der Waals surface area contributed by atoms with E-state index in [0.717, 1.165) is 28.5 Å². The van der Waals surface area contributed by atoms with E-state index in [9.17, 15) is 14.4 Å². The quantitative estimate of drug-likeness (QED) is 0.0738. The van der Waals surface area contributed by atoms with Crippen LogP contribution in [0, 0.1) is 0 Å². The van der Waals surface area contributed by atoms with Crippen molar-refractivity contribution in [1.82, 2.24) is 4.90 Å². The molecule has 1 heterocycles. The Morgan fingerprint density at radius 3 is 1.95 bits per heavy atom. The van der Waals surface area contributed by atoms with Gasteiger partial charge in [-0.25, -0.2) is 0 Å². The molecule has 1 aliphatic heterocycles. The molecular weight excluding hydrogens is 597 g/mol. The number of thioether (sulfide) groups is 1. The molecule has 4 aromatic rings. The summed E-state index contributed by atoms with van der Waals surface area (Å²) in [6.45, 7) is 1.63. The van der Waals surface area contributed by atoms with Gasteiger partial charge in [0.2, 0.25) is 5.12 Å². The number of thiocarbonyl (C=S) groups is 1. The third-order valence-corrected chi connectivity index (χ3v) is 7.59. The normalized spacial score (nSPS) is 12.6. The maximum Gasteiger partial charge on any atom is 2.00 e. The number of carbonyl (C=O) groups excluding carboxylic acids is 3. The van der Waals surface area contributed by atoms with Crippen molar-refractivity contribution >= 4 is 57.2 Å². The summed E-state index contributed by atoms with van der Waals surface area (Å²) in [5.41, 5.74) is 6.39. The van der Waals surface area contributed by atoms with Crippen LogP contribution in [-0.2, 0) is 27.0 Å². The van der Waals surface area contributed by atoms with Crippen LogP contribution < -0.4 is 5.43 Å². The number of rotatable bonds is 9. The Kier molecular flexibility index (Phi) is 10.00. The molecule has 0 bridgehead atoms. The minimum Gasteiger partial charge on any atom is -0.280 e. The number of hydrogen-bond acceptors (Lipinski definition) is 7. The fourth-order valence-corrected chi connectivity index (χ4v) is 5.60. The van der Waals surface area contributed by atoms with Crippen molar-refractivity contribution in [3.8, 4) is 0 Å². The predicted molar refractivity (Wildman–Crippen MR) is 164 cm³/mol. The molecular formula is C32H25N3NiO3S2+2. The second kappa shape index (κ2) is 13.6. The van der Waals surface area contributed by atoms with Crippen LogP contribution in [0.3, 0.4) is 0 Å². The first kappa shape index (κ1) is 30.1.